The predicted octanol–water partition coefficient (Wildman–Crippen LogP) is 4.73. The minimum atomic E-state index is -0.273. The van der Waals surface area contributed by atoms with Crippen molar-refractivity contribution in [2.45, 2.75) is 6.54 Å². The number of benzene rings is 3. The molecule has 0 bridgehead atoms. The molecule has 0 heterocycles. The van der Waals surface area contributed by atoms with E-state index in [0.717, 1.165) is 17.0 Å². The summed E-state index contributed by atoms with van der Waals surface area (Å²) >= 11 is 0. The molecule has 2 N–H and O–H groups in total. The van der Waals surface area contributed by atoms with Gasteiger partial charge in [0.05, 0.1) is 0 Å². The van der Waals surface area contributed by atoms with Crippen LogP contribution in [0.2, 0.25) is 0 Å². The van der Waals surface area contributed by atoms with E-state index >= 15 is 0 Å². The van der Waals surface area contributed by atoms with Gasteiger partial charge >= 0.3 is 0 Å². The average molecular weight is 308 g/mol. The first kappa shape index (κ1) is 15.1. The summed E-state index contributed by atoms with van der Waals surface area (Å²) in [6.07, 6.45) is 0. The fraction of sp³-hybridized carbons (Fsp3) is 0.0526. The molecule has 3 aromatic carbocycles. The van der Waals surface area contributed by atoms with Crippen molar-refractivity contribution in [2.24, 2.45) is 0 Å². The topological polar surface area (TPSA) is 33.3 Å². The zero-order valence-corrected chi connectivity index (χ0v) is 12.5. The van der Waals surface area contributed by atoms with Crippen molar-refractivity contribution in [1.29, 1.82) is 0 Å². The summed E-state index contributed by atoms with van der Waals surface area (Å²) in [5.41, 5.74) is 8.44. The van der Waals surface area contributed by atoms with E-state index in [4.69, 9.17) is 4.74 Å². The van der Waals surface area contributed by atoms with Crippen LogP contribution in [0.1, 0.15) is 5.56 Å². The number of hydrazine groups is 1. The molecule has 0 aliphatic carbocycles. The van der Waals surface area contributed by atoms with Gasteiger partial charge in [-0.2, -0.15) is 0 Å². The van der Waals surface area contributed by atoms with Crippen LogP contribution in [0, 0.1) is 5.82 Å². The number of ether oxygens (including phenoxy) is 1. The molecular formula is C19H17FN2O. The van der Waals surface area contributed by atoms with Gasteiger partial charge in [-0.15, -0.1) is 0 Å². The van der Waals surface area contributed by atoms with Crippen LogP contribution >= 0.6 is 0 Å². The Balaban J connectivity index is 1.51. The fourth-order valence-electron chi connectivity index (χ4n) is 2.08. The molecule has 0 fully saturated rings. The van der Waals surface area contributed by atoms with Crippen LogP contribution in [0.15, 0.2) is 78.9 Å². The highest BCUT2D eigenvalue weighted by Gasteiger charge is 1.99. The molecule has 0 atom stereocenters. The van der Waals surface area contributed by atoms with Crippen LogP contribution in [-0.2, 0) is 6.54 Å². The Kier molecular flexibility index (Phi) is 4.86. The molecule has 3 rings (SSSR count). The molecular weight excluding hydrogens is 291 g/mol. The molecule has 116 valence electrons. The maximum absolute atomic E-state index is 12.9. The molecule has 0 aromatic heterocycles. The summed E-state index contributed by atoms with van der Waals surface area (Å²) in [6, 6.07) is 23.6. The van der Waals surface area contributed by atoms with Crippen molar-refractivity contribution in [3.8, 4) is 11.5 Å². The Bertz CT molecular complexity index is 728. The minimum absolute atomic E-state index is 0.273. The number of hydrogen-bond acceptors (Lipinski definition) is 3. The molecule has 0 saturated heterocycles. The molecule has 0 radical (unpaired) electrons. The zero-order valence-electron chi connectivity index (χ0n) is 12.5. The lowest BCUT2D eigenvalue weighted by Gasteiger charge is -2.09. The van der Waals surface area contributed by atoms with E-state index in [1.165, 1.54) is 12.1 Å². The lowest BCUT2D eigenvalue weighted by molar-refractivity contribution is 0.480. The van der Waals surface area contributed by atoms with Gasteiger partial charge in [0.15, 0.2) is 0 Å². The first-order valence-electron chi connectivity index (χ1n) is 7.36. The van der Waals surface area contributed by atoms with Crippen molar-refractivity contribution < 1.29 is 9.13 Å². The van der Waals surface area contributed by atoms with E-state index in [2.05, 4.69) is 10.9 Å². The largest absolute Gasteiger partial charge is 0.457 e. The van der Waals surface area contributed by atoms with E-state index in [9.17, 15) is 4.39 Å². The Morgan fingerprint density at radius 1 is 0.739 bits per heavy atom. The summed E-state index contributed by atoms with van der Waals surface area (Å²) in [5.74, 6) is 1.06. The highest BCUT2D eigenvalue weighted by atomic mass is 19.1. The normalized spacial score (nSPS) is 10.3. The monoisotopic (exact) mass is 308 g/mol. The highest BCUT2D eigenvalue weighted by molar-refractivity contribution is 5.41. The number of anilines is 1. The number of rotatable bonds is 6. The second-order valence-electron chi connectivity index (χ2n) is 5.04. The van der Waals surface area contributed by atoms with Gasteiger partial charge in [-0.25, -0.2) is 9.82 Å². The summed E-state index contributed by atoms with van der Waals surface area (Å²) in [5, 5.41) is 0. The molecule has 3 nitrogen and oxygen atoms in total. The van der Waals surface area contributed by atoms with Gasteiger partial charge < -0.3 is 10.2 Å². The van der Waals surface area contributed by atoms with E-state index in [-0.39, 0.29) is 5.82 Å². The molecule has 23 heavy (non-hydrogen) atoms. The molecule has 3 aromatic rings. The average Bonchev–Trinajstić information content (AvgIpc) is 2.59. The van der Waals surface area contributed by atoms with Gasteiger partial charge in [-0.05, 0) is 54.1 Å². The third-order valence-corrected chi connectivity index (χ3v) is 3.27. The van der Waals surface area contributed by atoms with Gasteiger partial charge in [0, 0.05) is 12.2 Å². The SMILES string of the molecule is Fc1ccc(Oc2ccc(CNNc3ccccc3)cc2)cc1. The Morgan fingerprint density at radius 2 is 1.35 bits per heavy atom. The molecule has 0 spiro atoms. The van der Waals surface area contributed by atoms with Crippen LogP contribution < -0.4 is 15.6 Å². The molecule has 4 heteroatoms. The lowest BCUT2D eigenvalue weighted by Crippen LogP contribution is -2.20. The quantitative estimate of drug-likeness (QED) is 0.646. The second kappa shape index (κ2) is 7.42. The van der Waals surface area contributed by atoms with E-state index in [1.807, 2.05) is 54.6 Å². The van der Waals surface area contributed by atoms with Crippen LogP contribution in [-0.4, -0.2) is 0 Å². The Labute approximate surface area is 134 Å². The van der Waals surface area contributed by atoms with Crippen molar-refractivity contribution in [2.75, 3.05) is 5.43 Å². The number of nitrogens with one attached hydrogen (secondary N) is 2. The van der Waals surface area contributed by atoms with Crippen LogP contribution in [0.3, 0.4) is 0 Å². The number of halogens is 1. The van der Waals surface area contributed by atoms with E-state index < -0.39 is 0 Å². The van der Waals surface area contributed by atoms with Crippen molar-refractivity contribution >= 4 is 5.69 Å². The van der Waals surface area contributed by atoms with E-state index in [1.54, 1.807) is 12.1 Å². The second-order valence-corrected chi connectivity index (χ2v) is 5.04. The molecule has 0 amide bonds. The Morgan fingerprint density at radius 3 is 2.00 bits per heavy atom. The van der Waals surface area contributed by atoms with Gasteiger partial charge in [0.25, 0.3) is 0 Å². The Hall–Kier alpha value is -2.85. The van der Waals surface area contributed by atoms with Crippen LogP contribution in [0.25, 0.3) is 0 Å². The first-order valence-corrected chi connectivity index (χ1v) is 7.36. The van der Waals surface area contributed by atoms with Crippen molar-refractivity contribution in [3.63, 3.8) is 0 Å². The van der Waals surface area contributed by atoms with Crippen LogP contribution in [0.4, 0.5) is 10.1 Å². The minimum Gasteiger partial charge on any atom is -0.457 e. The van der Waals surface area contributed by atoms with Gasteiger partial charge in [0.2, 0.25) is 0 Å². The first-order chi connectivity index (χ1) is 11.3. The standard InChI is InChI=1S/C19H17FN2O/c20-16-8-12-19(13-9-16)23-18-10-6-15(7-11-18)14-21-22-17-4-2-1-3-5-17/h1-13,21-22H,14H2. The molecule has 0 aliphatic heterocycles. The summed E-state index contributed by atoms with van der Waals surface area (Å²) < 4.78 is 18.5. The van der Waals surface area contributed by atoms with Crippen molar-refractivity contribution in [3.05, 3.63) is 90.2 Å². The summed E-state index contributed by atoms with van der Waals surface area (Å²) in [6.45, 7) is 0.686. The fourth-order valence-corrected chi connectivity index (χ4v) is 2.08. The maximum Gasteiger partial charge on any atom is 0.127 e. The molecule has 0 unspecified atom stereocenters. The summed E-state index contributed by atoms with van der Waals surface area (Å²) in [4.78, 5) is 0. The predicted molar refractivity (Wildman–Crippen MR) is 89.8 cm³/mol. The zero-order chi connectivity index (χ0) is 15.9. The van der Waals surface area contributed by atoms with Gasteiger partial charge in [-0.1, -0.05) is 30.3 Å². The van der Waals surface area contributed by atoms with Gasteiger partial charge in [-0.3, -0.25) is 0 Å². The van der Waals surface area contributed by atoms with Crippen LogP contribution in [0.5, 0.6) is 11.5 Å². The lowest BCUT2D eigenvalue weighted by atomic mass is 10.2. The number of hydrogen-bond donors (Lipinski definition) is 2. The van der Waals surface area contributed by atoms with Crippen molar-refractivity contribution in [1.82, 2.24) is 5.43 Å². The smallest absolute Gasteiger partial charge is 0.127 e. The van der Waals surface area contributed by atoms with E-state index in [0.29, 0.717) is 12.3 Å². The van der Waals surface area contributed by atoms with Gasteiger partial charge in [0.1, 0.15) is 17.3 Å². The number of para-hydroxylation sites is 1. The third-order valence-electron chi connectivity index (χ3n) is 3.27. The maximum atomic E-state index is 12.9. The third kappa shape index (κ3) is 4.56. The summed E-state index contributed by atoms with van der Waals surface area (Å²) in [7, 11) is 0. The molecule has 0 aliphatic rings. The highest BCUT2D eigenvalue weighted by Crippen LogP contribution is 2.21. The molecule has 0 saturated carbocycles.